The number of methoxy groups -OCH3 is 1. The fourth-order valence-corrected chi connectivity index (χ4v) is 1.97. The fourth-order valence-electron chi connectivity index (χ4n) is 1.15. The largest absolute Gasteiger partial charge is 0.495 e. The first-order valence-corrected chi connectivity index (χ1v) is 5.95. The van der Waals surface area contributed by atoms with Gasteiger partial charge in [-0.15, -0.1) is 0 Å². The van der Waals surface area contributed by atoms with Gasteiger partial charge in [0.05, 0.1) is 7.11 Å². The van der Waals surface area contributed by atoms with Crippen LogP contribution in [0.25, 0.3) is 0 Å². The van der Waals surface area contributed by atoms with Crippen LogP contribution < -0.4 is 10.5 Å². The van der Waals surface area contributed by atoms with Gasteiger partial charge in [-0.25, -0.2) is 8.42 Å². The number of hydrogen-bond donors (Lipinski definition) is 1. The molecule has 14 heavy (non-hydrogen) atoms. The summed E-state index contributed by atoms with van der Waals surface area (Å²) in [5.74, 6) is 0.343. The standard InChI is InChI=1S/C9H13NO3S/c1-13-8-5-7(6-10)3-4-9(8)14(2,11)12/h3-5H,6,10H2,1-2H3. The molecule has 0 saturated heterocycles. The van der Waals surface area contributed by atoms with Gasteiger partial charge in [0.1, 0.15) is 10.6 Å². The number of nitrogens with two attached hydrogens (primary N) is 1. The van der Waals surface area contributed by atoms with Crippen molar-refractivity contribution < 1.29 is 13.2 Å². The zero-order valence-electron chi connectivity index (χ0n) is 8.15. The SMILES string of the molecule is COc1cc(CN)ccc1S(C)(=O)=O. The van der Waals surface area contributed by atoms with E-state index >= 15 is 0 Å². The molecule has 0 aliphatic heterocycles. The second-order valence-electron chi connectivity index (χ2n) is 2.96. The van der Waals surface area contributed by atoms with Gasteiger partial charge in [-0.1, -0.05) is 6.07 Å². The summed E-state index contributed by atoms with van der Waals surface area (Å²) in [6.07, 6.45) is 1.15. The molecule has 0 fully saturated rings. The third-order valence-corrected chi connectivity index (χ3v) is 3.00. The minimum absolute atomic E-state index is 0.192. The van der Waals surface area contributed by atoms with Gasteiger partial charge in [-0.3, -0.25) is 0 Å². The maximum Gasteiger partial charge on any atom is 0.179 e. The number of rotatable bonds is 3. The fraction of sp³-hybridized carbons (Fsp3) is 0.333. The topological polar surface area (TPSA) is 69.4 Å². The lowest BCUT2D eigenvalue weighted by Gasteiger charge is -2.07. The molecule has 0 amide bonds. The smallest absolute Gasteiger partial charge is 0.179 e. The minimum atomic E-state index is -3.24. The monoisotopic (exact) mass is 215 g/mol. The van der Waals surface area contributed by atoms with Crippen molar-refractivity contribution >= 4 is 9.84 Å². The maximum atomic E-state index is 11.3. The minimum Gasteiger partial charge on any atom is -0.495 e. The molecule has 0 bridgehead atoms. The van der Waals surface area contributed by atoms with Crippen molar-refractivity contribution in [2.75, 3.05) is 13.4 Å². The molecule has 2 N–H and O–H groups in total. The third kappa shape index (κ3) is 2.24. The average Bonchev–Trinajstić information content (AvgIpc) is 2.15. The Labute approximate surface area is 83.6 Å². The molecule has 0 unspecified atom stereocenters. The Morgan fingerprint density at radius 3 is 2.50 bits per heavy atom. The second-order valence-corrected chi connectivity index (χ2v) is 4.95. The van der Waals surface area contributed by atoms with Crippen molar-refractivity contribution in [1.29, 1.82) is 0 Å². The lowest BCUT2D eigenvalue weighted by atomic mass is 10.2. The first-order valence-electron chi connectivity index (χ1n) is 4.06. The lowest BCUT2D eigenvalue weighted by Crippen LogP contribution is -2.03. The Kier molecular flexibility index (Phi) is 3.13. The molecule has 0 spiro atoms. The van der Waals surface area contributed by atoms with Crippen molar-refractivity contribution in [3.63, 3.8) is 0 Å². The van der Waals surface area contributed by atoms with Crippen LogP contribution >= 0.6 is 0 Å². The lowest BCUT2D eigenvalue weighted by molar-refractivity contribution is 0.402. The predicted molar refractivity (Wildman–Crippen MR) is 54.0 cm³/mol. The Bertz CT molecular complexity index is 426. The van der Waals surface area contributed by atoms with E-state index in [1.807, 2.05) is 0 Å². The molecule has 0 atom stereocenters. The first kappa shape index (κ1) is 11.0. The van der Waals surface area contributed by atoms with Gasteiger partial charge < -0.3 is 10.5 Å². The summed E-state index contributed by atoms with van der Waals surface area (Å²) in [5, 5.41) is 0. The first-order chi connectivity index (χ1) is 6.49. The van der Waals surface area contributed by atoms with E-state index in [1.165, 1.54) is 13.2 Å². The quantitative estimate of drug-likeness (QED) is 0.799. The second kappa shape index (κ2) is 3.98. The molecule has 0 aliphatic carbocycles. The van der Waals surface area contributed by atoms with Gasteiger partial charge in [0.15, 0.2) is 9.84 Å². The van der Waals surface area contributed by atoms with Crippen LogP contribution in [0.4, 0.5) is 0 Å². The van der Waals surface area contributed by atoms with Crippen molar-refractivity contribution in [2.24, 2.45) is 5.73 Å². The molecule has 4 nitrogen and oxygen atoms in total. The Balaban J connectivity index is 3.33. The van der Waals surface area contributed by atoms with E-state index in [9.17, 15) is 8.42 Å². The van der Waals surface area contributed by atoms with Crippen molar-refractivity contribution in [3.05, 3.63) is 23.8 Å². The highest BCUT2D eigenvalue weighted by Gasteiger charge is 2.13. The number of ether oxygens (including phenoxy) is 1. The van der Waals surface area contributed by atoms with Crippen LogP contribution in [0.15, 0.2) is 23.1 Å². The van der Waals surface area contributed by atoms with Crippen molar-refractivity contribution in [1.82, 2.24) is 0 Å². The average molecular weight is 215 g/mol. The molecule has 0 aliphatic rings. The van der Waals surface area contributed by atoms with Gasteiger partial charge in [0, 0.05) is 12.8 Å². The summed E-state index contributed by atoms with van der Waals surface area (Å²) < 4.78 is 27.6. The Morgan fingerprint density at radius 2 is 2.07 bits per heavy atom. The molecular weight excluding hydrogens is 202 g/mol. The maximum absolute atomic E-state index is 11.3. The van der Waals surface area contributed by atoms with E-state index in [-0.39, 0.29) is 4.90 Å². The molecule has 0 aromatic heterocycles. The van der Waals surface area contributed by atoms with Crippen LogP contribution in [-0.2, 0) is 16.4 Å². The van der Waals surface area contributed by atoms with E-state index in [0.29, 0.717) is 12.3 Å². The molecule has 1 rings (SSSR count). The van der Waals surface area contributed by atoms with Gasteiger partial charge in [0.25, 0.3) is 0 Å². The van der Waals surface area contributed by atoms with Crippen LogP contribution in [0.5, 0.6) is 5.75 Å². The van der Waals surface area contributed by atoms with Crippen molar-refractivity contribution in [2.45, 2.75) is 11.4 Å². The zero-order chi connectivity index (χ0) is 10.8. The number of sulfone groups is 1. The summed E-state index contributed by atoms with van der Waals surface area (Å²) >= 11 is 0. The third-order valence-electron chi connectivity index (χ3n) is 1.86. The van der Waals surface area contributed by atoms with Crippen LogP contribution in [0.3, 0.4) is 0 Å². The molecule has 0 radical (unpaired) electrons. The van der Waals surface area contributed by atoms with Crippen LogP contribution in [-0.4, -0.2) is 21.8 Å². The predicted octanol–water partition coefficient (Wildman–Crippen LogP) is 0.557. The number of benzene rings is 1. The molecule has 0 heterocycles. The molecule has 0 saturated carbocycles. The van der Waals surface area contributed by atoms with Gasteiger partial charge in [-0.05, 0) is 17.7 Å². The summed E-state index contributed by atoms with van der Waals surface area (Å²) in [6.45, 7) is 0.362. The summed E-state index contributed by atoms with van der Waals surface area (Å²) in [6, 6.07) is 4.83. The van der Waals surface area contributed by atoms with Crippen LogP contribution in [0.1, 0.15) is 5.56 Å². The molecular formula is C9H13NO3S. The van der Waals surface area contributed by atoms with Crippen molar-refractivity contribution in [3.8, 4) is 5.75 Å². The van der Waals surface area contributed by atoms with E-state index in [1.54, 1.807) is 12.1 Å². The summed E-state index contributed by atoms with van der Waals surface area (Å²) in [7, 11) is -1.80. The molecule has 5 heteroatoms. The Morgan fingerprint density at radius 1 is 1.43 bits per heavy atom. The van der Waals surface area contributed by atoms with Gasteiger partial charge in [0.2, 0.25) is 0 Å². The summed E-state index contributed by atoms with van der Waals surface area (Å²) in [4.78, 5) is 0.192. The van der Waals surface area contributed by atoms with Gasteiger partial charge >= 0.3 is 0 Å². The number of hydrogen-bond acceptors (Lipinski definition) is 4. The van der Waals surface area contributed by atoms with Crippen LogP contribution in [0, 0.1) is 0 Å². The Hall–Kier alpha value is -1.07. The highest BCUT2D eigenvalue weighted by molar-refractivity contribution is 7.90. The normalized spacial score (nSPS) is 11.4. The molecule has 1 aromatic rings. The molecule has 1 aromatic carbocycles. The van der Waals surface area contributed by atoms with E-state index in [0.717, 1.165) is 11.8 Å². The highest BCUT2D eigenvalue weighted by Crippen LogP contribution is 2.24. The highest BCUT2D eigenvalue weighted by atomic mass is 32.2. The van der Waals surface area contributed by atoms with E-state index < -0.39 is 9.84 Å². The molecule has 78 valence electrons. The summed E-state index contributed by atoms with van der Waals surface area (Å²) in [5.41, 5.74) is 6.27. The zero-order valence-corrected chi connectivity index (χ0v) is 8.97. The van der Waals surface area contributed by atoms with E-state index in [4.69, 9.17) is 10.5 Å². The van der Waals surface area contributed by atoms with E-state index in [2.05, 4.69) is 0 Å². The van der Waals surface area contributed by atoms with Crippen LogP contribution in [0.2, 0.25) is 0 Å². The van der Waals surface area contributed by atoms with Gasteiger partial charge in [-0.2, -0.15) is 0 Å².